The number of benzene rings is 3. The normalized spacial score (nSPS) is 10.2. The fourth-order valence-corrected chi connectivity index (χ4v) is 3.49. The monoisotopic (exact) mass is 588 g/mol. The summed E-state index contributed by atoms with van der Waals surface area (Å²) in [5.41, 5.74) is 1.24. The Labute approximate surface area is 249 Å². The second kappa shape index (κ2) is 16.8. The van der Waals surface area contributed by atoms with Gasteiger partial charge in [-0.15, -0.1) is 0 Å². The lowest BCUT2D eigenvalue weighted by Crippen LogP contribution is -2.11. The summed E-state index contributed by atoms with van der Waals surface area (Å²) in [4.78, 5) is 47.3. The Kier molecular flexibility index (Phi) is 12.5. The predicted octanol–water partition coefficient (Wildman–Crippen LogP) is 5.43. The molecule has 0 saturated carbocycles. The molecule has 0 saturated heterocycles. The Morgan fingerprint density at radius 3 is 1.65 bits per heavy atom. The van der Waals surface area contributed by atoms with Crippen molar-refractivity contribution in [2.45, 2.75) is 19.8 Å². The smallest absolute Gasteiger partial charge is 0.343 e. The van der Waals surface area contributed by atoms with Gasteiger partial charge in [0, 0.05) is 12.2 Å². The zero-order valence-electron chi connectivity index (χ0n) is 23.7. The molecule has 0 spiro atoms. The molecule has 0 aliphatic carbocycles. The van der Waals surface area contributed by atoms with Crippen LogP contribution in [0.4, 0.5) is 0 Å². The molecule has 224 valence electrons. The minimum atomic E-state index is -0.572. The molecule has 3 aromatic rings. The van der Waals surface area contributed by atoms with E-state index in [2.05, 4.69) is 13.2 Å². The second-order valence-corrected chi connectivity index (χ2v) is 8.90. The predicted molar refractivity (Wildman–Crippen MR) is 157 cm³/mol. The van der Waals surface area contributed by atoms with Crippen molar-refractivity contribution >= 4 is 23.9 Å². The average Bonchev–Trinajstić information content (AvgIpc) is 3.02. The first-order valence-electron chi connectivity index (χ1n) is 13.4. The quantitative estimate of drug-likeness (QED) is 0.0926. The first-order valence-corrected chi connectivity index (χ1v) is 13.4. The highest BCUT2D eigenvalue weighted by Crippen LogP contribution is 2.25. The van der Waals surface area contributed by atoms with Crippen LogP contribution in [0, 0.1) is 6.92 Å². The number of aryl methyl sites for hydroxylation is 1. The number of ether oxygens (including phenoxy) is 6. The zero-order chi connectivity index (χ0) is 31.0. The summed E-state index contributed by atoms with van der Waals surface area (Å²) in [6, 6.07) is 17.5. The summed E-state index contributed by atoms with van der Waals surface area (Å²) in [7, 11) is 0. The van der Waals surface area contributed by atoms with Gasteiger partial charge in [0.2, 0.25) is 0 Å². The Morgan fingerprint density at radius 2 is 1.09 bits per heavy atom. The van der Waals surface area contributed by atoms with E-state index in [0.717, 1.165) is 12.2 Å². The highest BCUT2D eigenvalue weighted by atomic mass is 16.6. The Hall–Kier alpha value is -5.38. The van der Waals surface area contributed by atoms with Crippen molar-refractivity contribution in [1.29, 1.82) is 0 Å². The van der Waals surface area contributed by atoms with E-state index in [0.29, 0.717) is 65.7 Å². The third kappa shape index (κ3) is 10.8. The fourth-order valence-electron chi connectivity index (χ4n) is 3.49. The first kappa shape index (κ1) is 32.1. The zero-order valence-corrected chi connectivity index (χ0v) is 23.7. The van der Waals surface area contributed by atoms with Crippen LogP contribution in [0.3, 0.4) is 0 Å². The molecule has 0 radical (unpaired) electrons. The van der Waals surface area contributed by atoms with Gasteiger partial charge in [-0.3, -0.25) is 0 Å². The largest absolute Gasteiger partial charge is 0.494 e. The molecule has 10 nitrogen and oxygen atoms in total. The second-order valence-electron chi connectivity index (χ2n) is 8.90. The van der Waals surface area contributed by atoms with Crippen LogP contribution >= 0.6 is 0 Å². The van der Waals surface area contributed by atoms with E-state index in [1.165, 1.54) is 6.07 Å². The van der Waals surface area contributed by atoms with Crippen molar-refractivity contribution in [3.8, 4) is 23.0 Å². The van der Waals surface area contributed by atoms with E-state index in [1.54, 1.807) is 67.6 Å². The highest BCUT2D eigenvalue weighted by molar-refractivity contribution is 5.92. The highest BCUT2D eigenvalue weighted by Gasteiger charge is 2.14. The van der Waals surface area contributed by atoms with Crippen molar-refractivity contribution in [1.82, 2.24) is 0 Å². The van der Waals surface area contributed by atoms with Gasteiger partial charge in [-0.05, 0) is 92.1 Å². The molecular weight excluding hydrogens is 556 g/mol. The van der Waals surface area contributed by atoms with E-state index in [1.807, 2.05) is 0 Å². The van der Waals surface area contributed by atoms with Gasteiger partial charge >= 0.3 is 23.9 Å². The third-order valence-electron chi connectivity index (χ3n) is 5.72. The van der Waals surface area contributed by atoms with E-state index in [-0.39, 0.29) is 13.2 Å². The molecule has 0 aliphatic rings. The summed E-state index contributed by atoms with van der Waals surface area (Å²) in [6.07, 6.45) is 3.54. The molecule has 0 atom stereocenters. The van der Waals surface area contributed by atoms with Crippen molar-refractivity contribution in [2.24, 2.45) is 0 Å². The molecular formula is C33H32O10. The average molecular weight is 589 g/mol. The van der Waals surface area contributed by atoms with E-state index < -0.39 is 23.9 Å². The topological polar surface area (TPSA) is 124 Å². The molecule has 0 fully saturated rings. The van der Waals surface area contributed by atoms with E-state index >= 15 is 0 Å². The maximum absolute atomic E-state index is 12.6. The number of unbranched alkanes of at least 4 members (excludes halogenated alkanes) is 1. The van der Waals surface area contributed by atoms with Crippen molar-refractivity contribution < 1.29 is 47.6 Å². The Balaban J connectivity index is 1.45. The number of carbonyl (C=O) groups excluding carboxylic acids is 4. The lowest BCUT2D eigenvalue weighted by atomic mass is 10.2. The molecule has 0 N–H and O–H groups in total. The molecule has 0 aliphatic heterocycles. The summed E-state index contributed by atoms with van der Waals surface area (Å²) in [5, 5.41) is 0. The molecule has 0 aromatic heterocycles. The lowest BCUT2D eigenvalue weighted by molar-refractivity contribution is -0.139. The van der Waals surface area contributed by atoms with Crippen molar-refractivity contribution in [2.75, 3.05) is 26.4 Å². The first-order chi connectivity index (χ1) is 20.8. The van der Waals surface area contributed by atoms with Crippen LogP contribution in [0.25, 0.3) is 0 Å². The van der Waals surface area contributed by atoms with Gasteiger partial charge in [0.1, 0.15) is 36.2 Å². The number of esters is 4. The molecule has 3 aromatic carbocycles. The fraction of sp³-hybridized carbons (Fsp3) is 0.212. The Morgan fingerprint density at radius 1 is 0.605 bits per heavy atom. The molecule has 0 unspecified atom stereocenters. The van der Waals surface area contributed by atoms with Crippen LogP contribution in [-0.4, -0.2) is 50.3 Å². The van der Waals surface area contributed by atoms with Crippen molar-refractivity contribution in [3.63, 3.8) is 0 Å². The maximum Gasteiger partial charge on any atom is 0.343 e. The number of hydrogen-bond donors (Lipinski definition) is 0. The van der Waals surface area contributed by atoms with Crippen LogP contribution < -0.4 is 18.9 Å². The van der Waals surface area contributed by atoms with Gasteiger partial charge < -0.3 is 28.4 Å². The van der Waals surface area contributed by atoms with Gasteiger partial charge in [-0.1, -0.05) is 13.2 Å². The number of rotatable bonds is 16. The molecule has 0 heterocycles. The molecule has 3 rings (SSSR count). The SMILES string of the molecule is C=CC(=O)OCCCCOc1ccc(C(=O)Oc2ccc(OC(=O)c3ccc(OCCOC(=O)C=C)cc3)c(C)c2)cc1. The molecule has 0 bridgehead atoms. The van der Waals surface area contributed by atoms with Crippen LogP contribution in [0.2, 0.25) is 0 Å². The Bertz CT molecular complexity index is 1430. The molecule has 10 heteroatoms. The number of hydrogen-bond acceptors (Lipinski definition) is 10. The summed E-state index contributed by atoms with van der Waals surface area (Å²) in [5.74, 6) is -0.414. The van der Waals surface area contributed by atoms with Gasteiger partial charge in [-0.2, -0.15) is 0 Å². The number of carbonyl (C=O) groups is 4. The van der Waals surface area contributed by atoms with Crippen LogP contribution in [-0.2, 0) is 19.1 Å². The van der Waals surface area contributed by atoms with E-state index in [4.69, 9.17) is 28.4 Å². The van der Waals surface area contributed by atoms with E-state index in [9.17, 15) is 19.2 Å². The lowest BCUT2D eigenvalue weighted by Gasteiger charge is -2.11. The van der Waals surface area contributed by atoms with Gasteiger partial charge in [0.05, 0.1) is 24.3 Å². The van der Waals surface area contributed by atoms with Crippen LogP contribution in [0.15, 0.2) is 92.0 Å². The third-order valence-corrected chi connectivity index (χ3v) is 5.72. The molecule has 43 heavy (non-hydrogen) atoms. The summed E-state index contributed by atoms with van der Waals surface area (Å²) >= 11 is 0. The standard InChI is InChI=1S/C33H32O10/c1-4-30(34)40-19-7-6-18-38-26-12-8-24(9-13-26)32(36)42-28-16-17-29(23(3)22-28)43-33(37)25-10-14-27(15-11-25)39-20-21-41-31(35)5-2/h4-5,8-17,22H,1-2,6-7,18-21H2,3H3. The van der Waals surface area contributed by atoms with Gasteiger partial charge in [-0.25, -0.2) is 19.2 Å². The van der Waals surface area contributed by atoms with Gasteiger partial charge in [0.25, 0.3) is 0 Å². The molecule has 0 amide bonds. The van der Waals surface area contributed by atoms with Crippen LogP contribution in [0.5, 0.6) is 23.0 Å². The minimum Gasteiger partial charge on any atom is -0.494 e. The van der Waals surface area contributed by atoms with Crippen molar-refractivity contribution in [3.05, 3.63) is 109 Å². The minimum absolute atomic E-state index is 0.0702. The maximum atomic E-state index is 12.6. The summed E-state index contributed by atoms with van der Waals surface area (Å²) in [6.45, 7) is 9.33. The van der Waals surface area contributed by atoms with Crippen LogP contribution in [0.1, 0.15) is 39.1 Å². The van der Waals surface area contributed by atoms with Gasteiger partial charge in [0.15, 0.2) is 0 Å². The summed E-state index contributed by atoms with van der Waals surface area (Å²) < 4.78 is 31.8.